The topological polar surface area (TPSA) is 67.8 Å². The molecule has 7 heteroatoms. The third-order valence-corrected chi connectivity index (χ3v) is 7.73. The summed E-state index contributed by atoms with van der Waals surface area (Å²) < 4.78 is 9.72. The third-order valence-electron chi connectivity index (χ3n) is 7.27. The Morgan fingerprint density at radius 2 is 2.00 bits per heavy atom. The summed E-state index contributed by atoms with van der Waals surface area (Å²) in [5.41, 5.74) is 3.19. The van der Waals surface area contributed by atoms with Gasteiger partial charge in [0.25, 0.3) is 0 Å². The van der Waals surface area contributed by atoms with Crippen molar-refractivity contribution in [3.63, 3.8) is 0 Å². The van der Waals surface area contributed by atoms with E-state index in [2.05, 4.69) is 16.3 Å². The van der Waals surface area contributed by atoms with Gasteiger partial charge >= 0.3 is 29.6 Å². The molecule has 4 aliphatic rings. The Hall–Kier alpha value is 0.600. The van der Waals surface area contributed by atoms with Crippen molar-refractivity contribution in [1.82, 2.24) is 0 Å². The first kappa shape index (κ1) is 20.3. The van der Waals surface area contributed by atoms with Crippen LogP contribution in [0.3, 0.4) is 0 Å². The van der Waals surface area contributed by atoms with Gasteiger partial charge in [0.15, 0.2) is 12.3 Å². The van der Waals surface area contributed by atoms with Gasteiger partial charge in [0.2, 0.25) is 0 Å². The zero-order valence-corrected chi connectivity index (χ0v) is 17.9. The van der Waals surface area contributed by atoms with E-state index in [0.29, 0.717) is 35.9 Å². The molecule has 4 unspecified atom stereocenters. The SMILES string of the molecule is CC12CCC3C4=C(CCC3C1CCC2=O)C[C@H](OSOO[O-])CC4.[Na+]. The number of carbonyl (C=O) groups excluding carboxylic acids is 1. The van der Waals surface area contributed by atoms with Gasteiger partial charge in [-0.3, -0.25) is 14.0 Å². The summed E-state index contributed by atoms with van der Waals surface area (Å²) in [6.45, 7) is 2.23. The van der Waals surface area contributed by atoms with E-state index in [1.54, 1.807) is 11.1 Å². The van der Waals surface area contributed by atoms with Crippen LogP contribution in [-0.2, 0) is 18.3 Å². The molecule has 0 aromatic carbocycles. The maximum absolute atomic E-state index is 12.4. The molecule has 25 heavy (non-hydrogen) atoms. The van der Waals surface area contributed by atoms with Crippen molar-refractivity contribution in [3.05, 3.63) is 11.1 Å². The monoisotopic (exact) mass is 376 g/mol. The smallest absolute Gasteiger partial charge is 0.691 e. The second kappa shape index (κ2) is 8.31. The van der Waals surface area contributed by atoms with E-state index in [9.17, 15) is 10.1 Å². The molecule has 0 radical (unpaired) electrons. The standard InChI is InChI=1S/C18H26O5S.Na/c1-18-9-8-14-13-5-3-12(21-24-23-22-20)10-11(13)2-4-15(14)16(18)6-7-17(18)19;/h12,14-16,20H,2-10H2,1H3;/q;+1/p-1/t12-,14?,15?,16?,18?;/m1./s1. The molecule has 4 rings (SSSR count). The van der Waals surface area contributed by atoms with Crippen molar-refractivity contribution in [2.75, 3.05) is 0 Å². The summed E-state index contributed by atoms with van der Waals surface area (Å²) in [4.78, 5) is 12.4. The molecular formula is C18H25NaO5S. The fourth-order valence-electron chi connectivity index (χ4n) is 6.11. The van der Waals surface area contributed by atoms with E-state index < -0.39 is 0 Å². The largest absolute Gasteiger partial charge is 1.00 e. The van der Waals surface area contributed by atoms with Crippen LogP contribution in [0.2, 0.25) is 0 Å². The van der Waals surface area contributed by atoms with Crippen LogP contribution < -0.4 is 34.8 Å². The van der Waals surface area contributed by atoms with Crippen LogP contribution in [0.1, 0.15) is 64.7 Å². The van der Waals surface area contributed by atoms with Gasteiger partial charge in [-0.05, 0) is 69.1 Å². The fourth-order valence-corrected chi connectivity index (χ4v) is 6.44. The number of Topliss-reactive ketones (excluding diaryl/α,β-unsaturated/α-hetero) is 1. The van der Waals surface area contributed by atoms with Gasteiger partial charge in [-0.25, -0.2) is 0 Å². The number of hydrogen-bond acceptors (Lipinski definition) is 6. The Labute approximate surface area is 175 Å². The van der Waals surface area contributed by atoms with E-state index in [0.717, 1.165) is 44.9 Å². The van der Waals surface area contributed by atoms with Crippen LogP contribution in [-0.4, -0.2) is 11.9 Å². The molecule has 0 saturated heterocycles. The molecule has 134 valence electrons. The van der Waals surface area contributed by atoms with E-state index in [1.165, 1.54) is 12.8 Å². The van der Waals surface area contributed by atoms with E-state index in [4.69, 9.17) is 4.18 Å². The van der Waals surface area contributed by atoms with Crippen LogP contribution in [0.4, 0.5) is 0 Å². The quantitative estimate of drug-likeness (QED) is 0.177. The van der Waals surface area contributed by atoms with Crippen molar-refractivity contribution in [3.8, 4) is 0 Å². The minimum Gasteiger partial charge on any atom is -0.691 e. The number of carbonyl (C=O) groups is 1. The second-order valence-corrected chi connectivity index (χ2v) is 8.59. The second-order valence-electron chi connectivity index (χ2n) is 8.13. The Kier molecular flexibility index (Phi) is 6.76. The molecule has 0 spiro atoms. The molecule has 0 heterocycles. The minimum absolute atomic E-state index is 0. The van der Waals surface area contributed by atoms with Crippen LogP contribution in [0.25, 0.3) is 0 Å². The Bertz CT molecular complexity index is 554. The molecular weight excluding hydrogens is 351 g/mol. The van der Waals surface area contributed by atoms with Crippen molar-refractivity contribution in [2.45, 2.75) is 70.8 Å². The summed E-state index contributed by atoms with van der Waals surface area (Å²) in [5.74, 6) is 2.51. The molecule has 5 atom stereocenters. The van der Waals surface area contributed by atoms with E-state index in [-0.39, 0.29) is 41.1 Å². The molecule has 0 N–H and O–H groups in total. The van der Waals surface area contributed by atoms with Gasteiger partial charge in [0, 0.05) is 11.8 Å². The van der Waals surface area contributed by atoms with Gasteiger partial charge in [-0.1, -0.05) is 18.1 Å². The van der Waals surface area contributed by atoms with Crippen LogP contribution in [0.15, 0.2) is 11.1 Å². The van der Waals surface area contributed by atoms with Crippen LogP contribution in [0, 0.1) is 23.2 Å². The van der Waals surface area contributed by atoms with Crippen LogP contribution in [0.5, 0.6) is 0 Å². The number of ketones is 1. The average Bonchev–Trinajstić information content (AvgIpc) is 2.90. The zero-order valence-electron chi connectivity index (χ0n) is 15.1. The predicted molar refractivity (Wildman–Crippen MR) is 86.8 cm³/mol. The zero-order chi connectivity index (χ0) is 16.7. The Balaban J connectivity index is 0.00000182. The normalized spacial score (nSPS) is 40.2. The number of allylic oxidation sites excluding steroid dienone is 1. The molecule has 5 nitrogen and oxygen atoms in total. The fraction of sp³-hybridized carbons (Fsp3) is 0.833. The van der Waals surface area contributed by atoms with E-state index in [1.807, 2.05) is 0 Å². The van der Waals surface area contributed by atoms with Gasteiger partial charge < -0.3 is 5.26 Å². The van der Waals surface area contributed by atoms with Gasteiger partial charge in [-0.2, -0.15) is 0 Å². The third kappa shape index (κ3) is 3.66. The maximum atomic E-state index is 12.4. The van der Waals surface area contributed by atoms with Crippen LogP contribution >= 0.6 is 12.3 Å². The minimum atomic E-state index is -0.0359. The van der Waals surface area contributed by atoms with Gasteiger partial charge in [0.1, 0.15) is 5.78 Å². The molecule has 0 aromatic heterocycles. The molecule has 0 aromatic rings. The summed E-state index contributed by atoms with van der Waals surface area (Å²) in [7, 11) is 0. The first-order chi connectivity index (χ1) is 11.6. The molecule has 2 saturated carbocycles. The number of fused-ring (bicyclic) bond motifs is 4. The number of rotatable bonds is 4. The Morgan fingerprint density at radius 3 is 2.80 bits per heavy atom. The number of hydrogen-bond donors (Lipinski definition) is 0. The Morgan fingerprint density at radius 1 is 1.16 bits per heavy atom. The first-order valence-corrected chi connectivity index (χ1v) is 9.83. The maximum Gasteiger partial charge on any atom is 1.00 e. The van der Waals surface area contributed by atoms with E-state index >= 15 is 0 Å². The van der Waals surface area contributed by atoms with Crippen molar-refractivity contribution in [1.29, 1.82) is 0 Å². The molecule has 0 bridgehead atoms. The summed E-state index contributed by atoms with van der Waals surface area (Å²) in [6, 6.07) is 0. The van der Waals surface area contributed by atoms with Crippen molar-refractivity contribution < 1.29 is 53.2 Å². The summed E-state index contributed by atoms with van der Waals surface area (Å²) in [5, 5.41) is 13.2. The first-order valence-electron chi connectivity index (χ1n) is 9.16. The van der Waals surface area contributed by atoms with Crippen molar-refractivity contribution in [2.24, 2.45) is 23.2 Å². The van der Waals surface area contributed by atoms with Crippen molar-refractivity contribution >= 4 is 18.1 Å². The van der Waals surface area contributed by atoms with Gasteiger partial charge in [-0.15, -0.1) is 4.33 Å². The average molecular weight is 376 g/mol. The van der Waals surface area contributed by atoms with Gasteiger partial charge in [0.05, 0.1) is 6.10 Å². The molecule has 0 amide bonds. The predicted octanol–water partition coefficient (Wildman–Crippen LogP) is 0.448. The molecule has 0 aliphatic heterocycles. The molecule has 2 fully saturated rings. The summed E-state index contributed by atoms with van der Waals surface area (Å²) >= 11 is 0.639. The summed E-state index contributed by atoms with van der Waals surface area (Å²) in [6.07, 6.45) is 9.60. The molecule has 4 aliphatic carbocycles.